The molecule has 0 amide bonds. The standard InChI is InChI=1S/C19H14FN5OS/c20-15-9-13(1-2-17(15)27-14-3-6-22-7-4-14)23-18-10-16(24-19(21)25-18)12-5-8-26-11-12/h1-11H,(H3,21,23,24,25). The molecule has 1 aromatic carbocycles. The number of halogens is 1. The number of nitrogens with two attached hydrogens (primary N) is 1. The fraction of sp³-hybridized carbons (Fsp3) is 0. The Balaban J connectivity index is 1.56. The van der Waals surface area contributed by atoms with Crippen LogP contribution in [-0.4, -0.2) is 15.0 Å². The number of hydrogen-bond acceptors (Lipinski definition) is 7. The highest BCUT2D eigenvalue weighted by molar-refractivity contribution is 7.99. The maximum atomic E-state index is 14.5. The van der Waals surface area contributed by atoms with Crippen LogP contribution in [0.25, 0.3) is 11.3 Å². The largest absolute Gasteiger partial charge is 0.472 e. The van der Waals surface area contributed by atoms with Crippen LogP contribution in [0.4, 0.5) is 21.8 Å². The van der Waals surface area contributed by atoms with Crippen LogP contribution in [0.2, 0.25) is 0 Å². The Morgan fingerprint density at radius 3 is 2.63 bits per heavy atom. The lowest BCUT2D eigenvalue weighted by atomic mass is 10.2. The molecule has 0 bridgehead atoms. The predicted molar refractivity (Wildman–Crippen MR) is 102 cm³/mol. The molecule has 3 heterocycles. The fourth-order valence-electron chi connectivity index (χ4n) is 2.43. The van der Waals surface area contributed by atoms with Crippen molar-refractivity contribution in [3.05, 3.63) is 73.2 Å². The van der Waals surface area contributed by atoms with Gasteiger partial charge in [-0.3, -0.25) is 4.98 Å². The van der Waals surface area contributed by atoms with Gasteiger partial charge in [0.25, 0.3) is 0 Å². The second-order valence-corrected chi connectivity index (χ2v) is 6.68. The van der Waals surface area contributed by atoms with Crippen molar-refractivity contribution in [1.29, 1.82) is 0 Å². The van der Waals surface area contributed by atoms with E-state index in [9.17, 15) is 4.39 Å². The van der Waals surface area contributed by atoms with E-state index in [1.165, 1.54) is 17.8 Å². The van der Waals surface area contributed by atoms with Crippen LogP contribution in [0.3, 0.4) is 0 Å². The lowest BCUT2D eigenvalue weighted by molar-refractivity contribution is 0.568. The Hall–Kier alpha value is -3.39. The van der Waals surface area contributed by atoms with Gasteiger partial charge in [0.15, 0.2) is 0 Å². The molecule has 0 atom stereocenters. The number of benzene rings is 1. The van der Waals surface area contributed by atoms with Crippen LogP contribution in [0.15, 0.2) is 81.6 Å². The van der Waals surface area contributed by atoms with Crippen molar-refractivity contribution in [2.45, 2.75) is 9.79 Å². The Bertz CT molecular complexity index is 1060. The summed E-state index contributed by atoms with van der Waals surface area (Å²) in [6.07, 6.45) is 6.46. The minimum absolute atomic E-state index is 0.113. The second-order valence-electron chi connectivity index (χ2n) is 5.56. The van der Waals surface area contributed by atoms with E-state index in [4.69, 9.17) is 10.2 Å². The highest BCUT2D eigenvalue weighted by atomic mass is 32.2. The average molecular weight is 379 g/mol. The fourth-order valence-corrected chi connectivity index (χ4v) is 3.23. The summed E-state index contributed by atoms with van der Waals surface area (Å²) in [6.45, 7) is 0. The number of rotatable bonds is 5. The lowest BCUT2D eigenvalue weighted by Crippen LogP contribution is -2.01. The Kier molecular flexibility index (Phi) is 4.71. The van der Waals surface area contributed by atoms with E-state index in [2.05, 4.69) is 20.3 Å². The van der Waals surface area contributed by atoms with Crippen molar-refractivity contribution in [2.24, 2.45) is 0 Å². The third kappa shape index (κ3) is 4.06. The molecule has 4 aromatic rings. The van der Waals surface area contributed by atoms with Crippen LogP contribution in [-0.2, 0) is 0 Å². The highest BCUT2D eigenvalue weighted by Gasteiger charge is 2.09. The number of pyridine rings is 1. The molecule has 0 aliphatic carbocycles. The average Bonchev–Trinajstić information content (AvgIpc) is 3.19. The number of nitrogens with one attached hydrogen (secondary N) is 1. The van der Waals surface area contributed by atoms with Crippen molar-refractivity contribution in [3.8, 4) is 11.3 Å². The second kappa shape index (κ2) is 7.46. The van der Waals surface area contributed by atoms with E-state index < -0.39 is 0 Å². The van der Waals surface area contributed by atoms with Gasteiger partial charge in [-0.1, -0.05) is 11.8 Å². The van der Waals surface area contributed by atoms with Crippen molar-refractivity contribution < 1.29 is 8.81 Å². The molecule has 0 aliphatic rings. The third-order valence-corrected chi connectivity index (χ3v) is 4.70. The molecule has 0 spiro atoms. The molecule has 0 saturated carbocycles. The van der Waals surface area contributed by atoms with E-state index in [1.807, 2.05) is 12.1 Å². The monoisotopic (exact) mass is 379 g/mol. The van der Waals surface area contributed by atoms with E-state index in [1.54, 1.807) is 49.2 Å². The maximum absolute atomic E-state index is 14.5. The molecule has 3 aromatic heterocycles. The van der Waals surface area contributed by atoms with Gasteiger partial charge in [0.2, 0.25) is 5.95 Å². The van der Waals surface area contributed by atoms with Gasteiger partial charge in [-0.05, 0) is 36.4 Å². The predicted octanol–water partition coefficient (Wildman–Crippen LogP) is 4.75. The SMILES string of the molecule is Nc1nc(Nc2ccc(Sc3ccncc3)c(F)c2)cc(-c2ccoc2)n1. The summed E-state index contributed by atoms with van der Waals surface area (Å²) in [7, 11) is 0. The molecule has 0 aliphatic heterocycles. The van der Waals surface area contributed by atoms with Crippen LogP contribution in [0.1, 0.15) is 0 Å². The number of furan rings is 1. The number of nitrogen functional groups attached to an aromatic ring is 1. The van der Waals surface area contributed by atoms with Gasteiger partial charge in [-0.2, -0.15) is 4.98 Å². The zero-order valence-electron chi connectivity index (χ0n) is 14.0. The number of aromatic nitrogens is 3. The van der Waals surface area contributed by atoms with Crippen molar-refractivity contribution in [2.75, 3.05) is 11.1 Å². The molecule has 134 valence electrons. The van der Waals surface area contributed by atoms with E-state index in [0.717, 1.165) is 10.5 Å². The zero-order valence-corrected chi connectivity index (χ0v) is 14.8. The Morgan fingerprint density at radius 2 is 1.89 bits per heavy atom. The smallest absolute Gasteiger partial charge is 0.222 e. The molecule has 4 rings (SSSR count). The summed E-state index contributed by atoms with van der Waals surface area (Å²) in [5, 5.41) is 3.06. The molecule has 0 unspecified atom stereocenters. The first-order valence-corrected chi connectivity index (χ1v) is 8.80. The molecule has 0 saturated heterocycles. The van der Waals surface area contributed by atoms with Gasteiger partial charge < -0.3 is 15.5 Å². The number of hydrogen-bond donors (Lipinski definition) is 2. The zero-order chi connectivity index (χ0) is 18.6. The van der Waals surface area contributed by atoms with Crippen LogP contribution < -0.4 is 11.1 Å². The van der Waals surface area contributed by atoms with Crippen LogP contribution in [0, 0.1) is 5.82 Å². The van der Waals surface area contributed by atoms with Crippen LogP contribution >= 0.6 is 11.8 Å². The lowest BCUT2D eigenvalue weighted by Gasteiger charge is -2.09. The first-order chi connectivity index (χ1) is 13.2. The number of nitrogens with zero attached hydrogens (tertiary/aromatic N) is 3. The highest BCUT2D eigenvalue weighted by Crippen LogP contribution is 2.31. The summed E-state index contributed by atoms with van der Waals surface area (Å²) in [5.74, 6) is 0.244. The summed E-state index contributed by atoms with van der Waals surface area (Å²) in [6, 6.07) is 12.1. The minimum Gasteiger partial charge on any atom is -0.472 e. The molecular weight excluding hydrogens is 365 g/mol. The first-order valence-electron chi connectivity index (χ1n) is 7.99. The Labute approximate surface area is 158 Å². The molecule has 6 nitrogen and oxygen atoms in total. The Morgan fingerprint density at radius 1 is 1.04 bits per heavy atom. The summed E-state index contributed by atoms with van der Waals surface area (Å²) >= 11 is 1.33. The van der Waals surface area contributed by atoms with Crippen molar-refractivity contribution in [3.63, 3.8) is 0 Å². The quantitative estimate of drug-likeness (QED) is 0.517. The van der Waals surface area contributed by atoms with Gasteiger partial charge in [-0.15, -0.1) is 0 Å². The third-order valence-electron chi connectivity index (χ3n) is 3.64. The van der Waals surface area contributed by atoms with E-state index in [0.29, 0.717) is 22.1 Å². The van der Waals surface area contributed by atoms with Gasteiger partial charge in [0.1, 0.15) is 11.6 Å². The van der Waals surface area contributed by atoms with E-state index >= 15 is 0 Å². The number of anilines is 3. The van der Waals surface area contributed by atoms with Gasteiger partial charge in [-0.25, -0.2) is 9.37 Å². The molecular formula is C19H14FN5OS. The van der Waals surface area contributed by atoms with Crippen LogP contribution in [0.5, 0.6) is 0 Å². The van der Waals surface area contributed by atoms with Crippen molar-refractivity contribution in [1.82, 2.24) is 15.0 Å². The first kappa shape index (κ1) is 17.0. The van der Waals surface area contributed by atoms with Gasteiger partial charge in [0.05, 0.1) is 18.2 Å². The minimum atomic E-state index is -0.334. The molecule has 3 N–H and O–H groups in total. The molecule has 0 radical (unpaired) electrons. The summed E-state index contributed by atoms with van der Waals surface area (Å²) < 4.78 is 19.5. The molecule has 0 fully saturated rings. The van der Waals surface area contributed by atoms with Crippen molar-refractivity contribution >= 4 is 29.2 Å². The molecule has 8 heteroatoms. The summed E-state index contributed by atoms with van der Waals surface area (Å²) in [4.78, 5) is 13.7. The van der Waals surface area contributed by atoms with Gasteiger partial charge >= 0.3 is 0 Å². The normalized spacial score (nSPS) is 10.7. The van der Waals surface area contributed by atoms with Gasteiger partial charge in [0, 0.05) is 39.5 Å². The maximum Gasteiger partial charge on any atom is 0.222 e. The molecule has 27 heavy (non-hydrogen) atoms. The van der Waals surface area contributed by atoms with E-state index in [-0.39, 0.29) is 11.8 Å². The topological polar surface area (TPSA) is 89.9 Å². The summed E-state index contributed by atoms with van der Waals surface area (Å²) in [5.41, 5.74) is 7.74.